The molecule has 116 valence electrons. The van der Waals surface area contributed by atoms with E-state index in [1.54, 1.807) is 18.2 Å². The summed E-state index contributed by atoms with van der Waals surface area (Å²) in [5.74, 6) is -0.0625. The minimum Gasteiger partial charge on any atom is -0.396 e. The lowest BCUT2D eigenvalue weighted by Crippen LogP contribution is -2.41. The van der Waals surface area contributed by atoms with Gasteiger partial charge in [0.05, 0.1) is 11.5 Å². The van der Waals surface area contributed by atoms with Gasteiger partial charge in [0.15, 0.2) is 0 Å². The van der Waals surface area contributed by atoms with Gasteiger partial charge in [-0.1, -0.05) is 26.0 Å². The van der Waals surface area contributed by atoms with Gasteiger partial charge in [0.2, 0.25) is 5.91 Å². The van der Waals surface area contributed by atoms with Crippen molar-refractivity contribution in [3.8, 4) is 0 Å². The fraction of sp³-hybridized carbons (Fsp3) is 0.500. The number of carbonyl (C=O) groups excluding carboxylic acids is 1. The number of anilines is 1. The molecule has 1 amide bonds. The predicted molar refractivity (Wildman–Crippen MR) is 80.1 cm³/mol. The van der Waals surface area contributed by atoms with Gasteiger partial charge in [-0.3, -0.25) is 14.9 Å². The molecule has 1 unspecified atom stereocenters. The van der Waals surface area contributed by atoms with E-state index in [0.717, 1.165) is 0 Å². The van der Waals surface area contributed by atoms with E-state index < -0.39 is 4.92 Å². The average molecular weight is 295 g/mol. The highest BCUT2D eigenvalue weighted by Gasteiger charge is 2.17. The number of benzene rings is 1. The Kier molecular flexibility index (Phi) is 6.61. The number of nitrogens with zero attached hydrogens (tertiary/aromatic N) is 1. The Morgan fingerprint density at radius 2 is 2.05 bits per heavy atom. The zero-order valence-corrected chi connectivity index (χ0v) is 12.2. The van der Waals surface area contributed by atoms with E-state index in [1.165, 1.54) is 6.07 Å². The molecule has 0 aliphatic carbocycles. The van der Waals surface area contributed by atoms with Crippen LogP contribution in [0.5, 0.6) is 0 Å². The lowest BCUT2D eigenvalue weighted by molar-refractivity contribution is -0.383. The van der Waals surface area contributed by atoms with E-state index in [0.29, 0.717) is 12.1 Å². The molecule has 0 aliphatic rings. The zero-order chi connectivity index (χ0) is 15.8. The standard InChI is InChI=1S/C14H21N3O4/c1-10(2)11(7-8-18)16-14(19)9-15-12-5-3-4-6-13(12)17(20)21/h3-6,10-11,15,18H,7-9H2,1-2H3,(H,16,19). The largest absolute Gasteiger partial charge is 0.396 e. The van der Waals surface area contributed by atoms with Crippen molar-refractivity contribution in [1.82, 2.24) is 5.32 Å². The average Bonchev–Trinajstić information content (AvgIpc) is 2.44. The van der Waals surface area contributed by atoms with Crippen LogP contribution in [0.4, 0.5) is 11.4 Å². The fourth-order valence-electron chi connectivity index (χ4n) is 1.93. The number of nitro groups is 1. The number of aliphatic hydroxyl groups excluding tert-OH is 1. The van der Waals surface area contributed by atoms with E-state index in [4.69, 9.17) is 5.11 Å². The number of aliphatic hydroxyl groups is 1. The van der Waals surface area contributed by atoms with E-state index >= 15 is 0 Å². The van der Waals surface area contributed by atoms with E-state index in [9.17, 15) is 14.9 Å². The van der Waals surface area contributed by atoms with Crippen LogP contribution >= 0.6 is 0 Å². The first-order valence-corrected chi connectivity index (χ1v) is 6.83. The monoisotopic (exact) mass is 295 g/mol. The van der Waals surface area contributed by atoms with Gasteiger partial charge in [0.25, 0.3) is 5.69 Å². The van der Waals surface area contributed by atoms with E-state index in [-0.39, 0.29) is 36.7 Å². The summed E-state index contributed by atoms with van der Waals surface area (Å²) in [6.07, 6.45) is 0.481. The smallest absolute Gasteiger partial charge is 0.292 e. The summed E-state index contributed by atoms with van der Waals surface area (Å²) < 4.78 is 0. The Morgan fingerprint density at radius 3 is 2.62 bits per heavy atom. The SMILES string of the molecule is CC(C)C(CCO)NC(=O)CNc1ccccc1[N+](=O)[O-]. The Hall–Kier alpha value is -2.15. The summed E-state index contributed by atoms with van der Waals surface area (Å²) >= 11 is 0. The van der Waals surface area contributed by atoms with Gasteiger partial charge in [-0.2, -0.15) is 0 Å². The molecule has 0 aromatic heterocycles. The molecule has 1 aromatic carbocycles. The first kappa shape index (κ1) is 16.9. The molecule has 0 fully saturated rings. The Labute approximate surface area is 123 Å². The van der Waals surface area contributed by atoms with Crippen LogP contribution in [0.25, 0.3) is 0 Å². The van der Waals surface area contributed by atoms with Crippen LogP contribution in [0.2, 0.25) is 0 Å². The number of rotatable bonds is 8. The summed E-state index contributed by atoms with van der Waals surface area (Å²) in [7, 11) is 0. The molecule has 0 saturated carbocycles. The van der Waals surface area contributed by atoms with E-state index in [2.05, 4.69) is 10.6 Å². The lowest BCUT2D eigenvalue weighted by Gasteiger charge is -2.21. The molecule has 0 saturated heterocycles. The third-order valence-corrected chi connectivity index (χ3v) is 3.13. The van der Waals surface area contributed by atoms with E-state index in [1.807, 2.05) is 13.8 Å². The Balaban J connectivity index is 2.59. The molecule has 7 nitrogen and oxygen atoms in total. The van der Waals surface area contributed by atoms with Crippen molar-refractivity contribution in [3.05, 3.63) is 34.4 Å². The molecule has 7 heteroatoms. The predicted octanol–water partition coefficient (Wildman–Crippen LogP) is 1.53. The second-order valence-electron chi connectivity index (χ2n) is 5.06. The minimum atomic E-state index is -0.497. The van der Waals surface area contributed by atoms with Gasteiger partial charge in [0.1, 0.15) is 5.69 Å². The van der Waals surface area contributed by atoms with Gasteiger partial charge >= 0.3 is 0 Å². The summed E-state index contributed by atoms with van der Waals surface area (Å²) in [5.41, 5.74) is 0.238. The van der Waals surface area contributed by atoms with Crippen LogP contribution in [0, 0.1) is 16.0 Å². The number of nitro benzene ring substituents is 1. The van der Waals surface area contributed by atoms with Crippen molar-refractivity contribution < 1.29 is 14.8 Å². The maximum atomic E-state index is 11.9. The Morgan fingerprint density at radius 1 is 1.38 bits per heavy atom. The topological polar surface area (TPSA) is 104 Å². The van der Waals surface area contributed by atoms with Gasteiger partial charge < -0.3 is 15.7 Å². The first-order chi connectivity index (χ1) is 9.95. The van der Waals surface area contributed by atoms with Gasteiger partial charge in [0, 0.05) is 18.7 Å². The fourth-order valence-corrected chi connectivity index (χ4v) is 1.93. The highest BCUT2D eigenvalue weighted by Crippen LogP contribution is 2.22. The summed E-state index contributed by atoms with van der Waals surface area (Å²) in [4.78, 5) is 22.2. The molecular formula is C14H21N3O4. The zero-order valence-electron chi connectivity index (χ0n) is 12.2. The van der Waals surface area contributed by atoms with Crippen LogP contribution in [0.15, 0.2) is 24.3 Å². The minimum absolute atomic E-state index is 0.000707. The second kappa shape index (κ2) is 8.21. The number of nitrogens with one attached hydrogen (secondary N) is 2. The molecule has 0 aliphatic heterocycles. The summed E-state index contributed by atoms with van der Waals surface area (Å²) in [5, 5.41) is 25.4. The summed E-state index contributed by atoms with van der Waals surface area (Å²) in [6.45, 7) is 3.85. The van der Waals surface area contributed by atoms with Gasteiger partial charge in [-0.05, 0) is 18.4 Å². The first-order valence-electron chi connectivity index (χ1n) is 6.83. The molecule has 1 rings (SSSR count). The lowest BCUT2D eigenvalue weighted by atomic mass is 10.0. The highest BCUT2D eigenvalue weighted by atomic mass is 16.6. The second-order valence-corrected chi connectivity index (χ2v) is 5.06. The van der Waals surface area contributed by atoms with Crippen LogP contribution in [-0.4, -0.2) is 35.1 Å². The molecule has 0 radical (unpaired) electrons. The molecule has 21 heavy (non-hydrogen) atoms. The summed E-state index contributed by atoms with van der Waals surface area (Å²) in [6, 6.07) is 6.05. The van der Waals surface area contributed by atoms with Crippen LogP contribution in [-0.2, 0) is 4.79 Å². The number of para-hydroxylation sites is 2. The quantitative estimate of drug-likeness (QED) is 0.498. The molecular weight excluding hydrogens is 274 g/mol. The molecule has 1 aromatic rings. The van der Waals surface area contributed by atoms with Gasteiger partial charge in [-0.25, -0.2) is 0 Å². The molecule has 3 N–H and O–H groups in total. The van der Waals surface area contributed by atoms with Gasteiger partial charge in [-0.15, -0.1) is 0 Å². The Bertz CT molecular complexity index is 491. The third-order valence-electron chi connectivity index (χ3n) is 3.13. The van der Waals surface area contributed by atoms with Crippen LogP contribution in [0.3, 0.4) is 0 Å². The van der Waals surface area contributed by atoms with Crippen molar-refractivity contribution in [1.29, 1.82) is 0 Å². The molecule has 1 atom stereocenters. The van der Waals surface area contributed by atoms with Crippen LogP contribution < -0.4 is 10.6 Å². The normalized spacial score (nSPS) is 12.0. The molecule has 0 spiro atoms. The number of carbonyl (C=O) groups is 1. The third kappa shape index (κ3) is 5.39. The molecule has 0 bridgehead atoms. The maximum absolute atomic E-state index is 11.9. The van der Waals surface area contributed by atoms with Crippen molar-refractivity contribution in [2.24, 2.45) is 5.92 Å². The number of amides is 1. The van der Waals surface area contributed by atoms with Crippen molar-refractivity contribution in [2.75, 3.05) is 18.5 Å². The van der Waals surface area contributed by atoms with Crippen LogP contribution in [0.1, 0.15) is 20.3 Å². The molecule has 0 heterocycles. The highest BCUT2D eigenvalue weighted by molar-refractivity contribution is 5.81. The van der Waals surface area contributed by atoms with Crippen molar-refractivity contribution in [2.45, 2.75) is 26.3 Å². The van der Waals surface area contributed by atoms with Crippen molar-refractivity contribution >= 4 is 17.3 Å². The number of hydrogen-bond donors (Lipinski definition) is 3. The maximum Gasteiger partial charge on any atom is 0.292 e. The van der Waals surface area contributed by atoms with Crippen molar-refractivity contribution in [3.63, 3.8) is 0 Å². The number of hydrogen-bond acceptors (Lipinski definition) is 5.